The first-order valence-electron chi connectivity index (χ1n) is 9.48. The van der Waals surface area contributed by atoms with Gasteiger partial charge in [-0.1, -0.05) is 26.7 Å². The number of unbranched alkanes of at least 4 members (excludes halogenated alkanes) is 1. The van der Waals surface area contributed by atoms with E-state index in [1.54, 1.807) is 0 Å². The smallest absolute Gasteiger partial charge is 0.191 e. The van der Waals surface area contributed by atoms with Gasteiger partial charge in [0.25, 0.3) is 0 Å². The van der Waals surface area contributed by atoms with Crippen molar-refractivity contribution >= 4 is 5.96 Å². The zero-order chi connectivity index (χ0) is 15.8. The van der Waals surface area contributed by atoms with E-state index in [-0.39, 0.29) is 0 Å². The molecule has 1 heterocycles. The maximum Gasteiger partial charge on any atom is 0.191 e. The fraction of sp³-hybridized carbons (Fsp3) is 0.944. The number of guanidine groups is 1. The Morgan fingerprint density at radius 3 is 2.45 bits per heavy atom. The predicted octanol–water partition coefficient (Wildman–Crippen LogP) is 2.99. The van der Waals surface area contributed by atoms with Crippen molar-refractivity contribution in [2.24, 2.45) is 10.9 Å². The highest BCUT2D eigenvalue weighted by molar-refractivity contribution is 5.80. The van der Waals surface area contributed by atoms with Crippen LogP contribution in [0.3, 0.4) is 0 Å². The standard InChI is InChI=1S/C18H36N4/c1-4-19-18(20-12-6-5-7-15(2)3)21-16-10-13-22(14-11-16)17-8-9-17/h15-17H,4-14H2,1-3H3,(H2,19,20,21). The average molecular weight is 309 g/mol. The number of nitrogens with one attached hydrogen (secondary N) is 2. The fourth-order valence-electron chi connectivity index (χ4n) is 3.22. The summed E-state index contributed by atoms with van der Waals surface area (Å²) < 4.78 is 0. The van der Waals surface area contributed by atoms with Gasteiger partial charge in [-0.3, -0.25) is 4.99 Å². The lowest BCUT2D eigenvalue weighted by molar-refractivity contribution is 0.197. The number of rotatable bonds is 8. The van der Waals surface area contributed by atoms with Crippen LogP contribution in [-0.2, 0) is 0 Å². The van der Waals surface area contributed by atoms with Gasteiger partial charge in [-0.15, -0.1) is 0 Å². The molecular formula is C18H36N4. The first kappa shape index (κ1) is 17.6. The summed E-state index contributed by atoms with van der Waals surface area (Å²) in [6.45, 7) is 11.1. The quantitative estimate of drug-likeness (QED) is 0.411. The minimum Gasteiger partial charge on any atom is -0.357 e. The lowest BCUT2D eigenvalue weighted by atomic mass is 10.1. The van der Waals surface area contributed by atoms with E-state index < -0.39 is 0 Å². The Kier molecular flexibility index (Phi) is 7.50. The predicted molar refractivity (Wildman–Crippen MR) is 95.4 cm³/mol. The van der Waals surface area contributed by atoms with Gasteiger partial charge >= 0.3 is 0 Å². The van der Waals surface area contributed by atoms with Gasteiger partial charge in [0.2, 0.25) is 0 Å². The molecule has 0 unspecified atom stereocenters. The van der Waals surface area contributed by atoms with E-state index in [2.05, 4.69) is 36.3 Å². The van der Waals surface area contributed by atoms with E-state index in [1.807, 2.05) is 0 Å². The summed E-state index contributed by atoms with van der Waals surface area (Å²) in [5, 5.41) is 7.05. The highest BCUT2D eigenvalue weighted by Gasteiger charge is 2.31. The molecule has 2 rings (SSSR count). The zero-order valence-electron chi connectivity index (χ0n) is 14.9. The first-order chi connectivity index (χ1) is 10.7. The number of aliphatic imine (C=N–C) groups is 1. The molecule has 0 aromatic carbocycles. The summed E-state index contributed by atoms with van der Waals surface area (Å²) in [4.78, 5) is 7.43. The van der Waals surface area contributed by atoms with Crippen molar-refractivity contribution in [1.82, 2.24) is 15.5 Å². The van der Waals surface area contributed by atoms with Crippen LogP contribution in [0.5, 0.6) is 0 Å². The third kappa shape index (κ3) is 6.55. The second-order valence-electron chi connectivity index (χ2n) is 7.34. The molecular weight excluding hydrogens is 272 g/mol. The molecule has 0 atom stereocenters. The molecule has 0 radical (unpaired) electrons. The van der Waals surface area contributed by atoms with E-state index >= 15 is 0 Å². The van der Waals surface area contributed by atoms with Crippen LogP contribution in [0.15, 0.2) is 4.99 Å². The average Bonchev–Trinajstić information content (AvgIpc) is 3.32. The normalized spacial score (nSPS) is 21.4. The van der Waals surface area contributed by atoms with Crippen LogP contribution in [0.4, 0.5) is 0 Å². The zero-order valence-corrected chi connectivity index (χ0v) is 14.9. The number of piperidine rings is 1. The van der Waals surface area contributed by atoms with E-state index in [0.717, 1.165) is 31.0 Å². The van der Waals surface area contributed by atoms with Crippen molar-refractivity contribution in [3.63, 3.8) is 0 Å². The number of nitrogens with zero attached hydrogens (tertiary/aromatic N) is 2. The molecule has 0 amide bonds. The molecule has 128 valence electrons. The van der Waals surface area contributed by atoms with E-state index in [1.165, 1.54) is 58.0 Å². The Morgan fingerprint density at radius 2 is 1.86 bits per heavy atom. The molecule has 4 nitrogen and oxygen atoms in total. The van der Waals surface area contributed by atoms with Gasteiger partial charge in [0.1, 0.15) is 0 Å². The summed E-state index contributed by atoms with van der Waals surface area (Å²) in [7, 11) is 0. The van der Waals surface area contributed by atoms with Gasteiger partial charge in [-0.25, -0.2) is 0 Å². The van der Waals surface area contributed by atoms with Crippen LogP contribution in [0.2, 0.25) is 0 Å². The van der Waals surface area contributed by atoms with Gasteiger partial charge in [0.15, 0.2) is 5.96 Å². The summed E-state index contributed by atoms with van der Waals surface area (Å²) in [5.41, 5.74) is 0. The number of likely N-dealkylation sites (tertiary alicyclic amines) is 1. The molecule has 0 aromatic heterocycles. The SMILES string of the molecule is CCNC(=NCCCCC(C)C)NC1CCN(C2CC2)CC1. The van der Waals surface area contributed by atoms with Crippen LogP contribution >= 0.6 is 0 Å². The van der Waals surface area contributed by atoms with Crippen molar-refractivity contribution in [3.05, 3.63) is 0 Å². The van der Waals surface area contributed by atoms with E-state index in [9.17, 15) is 0 Å². The van der Waals surface area contributed by atoms with Crippen LogP contribution in [0, 0.1) is 5.92 Å². The molecule has 1 aliphatic heterocycles. The Morgan fingerprint density at radius 1 is 1.14 bits per heavy atom. The minimum atomic E-state index is 0.600. The maximum atomic E-state index is 4.75. The van der Waals surface area contributed by atoms with Gasteiger partial charge in [0.05, 0.1) is 0 Å². The van der Waals surface area contributed by atoms with Crippen LogP contribution < -0.4 is 10.6 Å². The monoisotopic (exact) mass is 308 g/mol. The van der Waals surface area contributed by atoms with Gasteiger partial charge in [-0.05, 0) is 44.9 Å². The van der Waals surface area contributed by atoms with Crippen molar-refractivity contribution in [1.29, 1.82) is 0 Å². The molecule has 0 bridgehead atoms. The second-order valence-corrected chi connectivity index (χ2v) is 7.34. The molecule has 22 heavy (non-hydrogen) atoms. The lowest BCUT2D eigenvalue weighted by Gasteiger charge is -2.33. The molecule has 2 N–H and O–H groups in total. The third-order valence-corrected chi connectivity index (χ3v) is 4.74. The molecule has 1 aliphatic carbocycles. The third-order valence-electron chi connectivity index (χ3n) is 4.74. The molecule has 1 saturated carbocycles. The van der Waals surface area contributed by atoms with Crippen molar-refractivity contribution in [3.8, 4) is 0 Å². The van der Waals surface area contributed by atoms with E-state index in [0.29, 0.717) is 6.04 Å². The highest BCUT2D eigenvalue weighted by Crippen LogP contribution is 2.29. The van der Waals surface area contributed by atoms with E-state index in [4.69, 9.17) is 4.99 Å². The van der Waals surface area contributed by atoms with Gasteiger partial charge in [-0.2, -0.15) is 0 Å². The summed E-state index contributed by atoms with van der Waals surface area (Å²) in [5.74, 6) is 1.84. The minimum absolute atomic E-state index is 0.600. The molecule has 1 saturated heterocycles. The second kappa shape index (κ2) is 9.39. The topological polar surface area (TPSA) is 39.7 Å². The van der Waals surface area contributed by atoms with Crippen molar-refractivity contribution in [2.75, 3.05) is 26.2 Å². The van der Waals surface area contributed by atoms with Crippen LogP contribution in [-0.4, -0.2) is 49.1 Å². The maximum absolute atomic E-state index is 4.75. The summed E-state index contributed by atoms with van der Waals surface area (Å²) in [6.07, 6.45) is 9.19. The summed E-state index contributed by atoms with van der Waals surface area (Å²) in [6, 6.07) is 1.52. The Balaban J connectivity index is 1.66. The molecule has 2 fully saturated rings. The first-order valence-corrected chi connectivity index (χ1v) is 9.48. The summed E-state index contributed by atoms with van der Waals surface area (Å²) >= 11 is 0. The van der Waals surface area contributed by atoms with Crippen molar-refractivity contribution in [2.45, 2.75) is 77.8 Å². The number of hydrogen-bond donors (Lipinski definition) is 2. The lowest BCUT2D eigenvalue weighted by Crippen LogP contribution is -2.49. The van der Waals surface area contributed by atoms with Crippen LogP contribution in [0.1, 0.15) is 65.7 Å². The fourth-order valence-corrected chi connectivity index (χ4v) is 3.22. The Bertz CT molecular complexity index is 328. The highest BCUT2D eigenvalue weighted by atomic mass is 15.2. The molecule has 0 spiro atoms. The Hall–Kier alpha value is -0.770. The van der Waals surface area contributed by atoms with Crippen LogP contribution in [0.25, 0.3) is 0 Å². The largest absolute Gasteiger partial charge is 0.357 e. The molecule has 2 aliphatic rings. The molecule has 4 heteroatoms. The number of hydrogen-bond acceptors (Lipinski definition) is 2. The van der Waals surface area contributed by atoms with Crippen molar-refractivity contribution < 1.29 is 0 Å². The molecule has 0 aromatic rings. The van der Waals surface area contributed by atoms with Gasteiger partial charge < -0.3 is 15.5 Å². The van der Waals surface area contributed by atoms with Gasteiger partial charge in [0, 0.05) is 38.3 Å². The Labute approximate surface area is 137 Å².